The lowest BCUT2D eigenvalue weighted by Crippen LogP contribution is -2.29. The Morgan fingerprint density at radius 1 is 0.647 bits per heavy atom. The number of esters is 2. The van der Waals surface area contributed by atoms with E-state index in [0.29, 0.717) is 6.42 Å². The van der Waals surface area contributed by atoms with Crippen LogP contribution >= 0.6 is 7.82 Å². The summed E-state index contributed by atoms with van der Waals surface area (Å²) in [5, 5.41) is 0. The Morgan fingerprint density at radius 2 is 1.12 bits per heavy atom. The van der Waals surface area contributed by atoms with Crippen LogP contribution in [0.3, 0.4) is 0 Å². The number of ether oxygens (including phenoxy) is 2. The highest BCUT2D eigenvalue weighted by Crippen LogP contribution is 2.43. The van der Waals surface area contributed by atoms with Crippen molar-refractivity contribution >= 4 is 19.8 Å². The van der Waals surface area contributed by atoms with E-state index in [4.69, 9.17) is 24.3 Å². The predicted octanol–water partition coefficient (Wildman–Crippen LogP) is 11.2. The van der Waals surface area contributed by atoms with Crippen LogP contribution in [0.5, 0.6) is 0 Å². The molecule has 9 nitrogen and oxygen atoms in total. The number of carbonyl (C=O) groups excluding carboxylic acids is 2. The molecule has 0 radical (unpaired) electrons. The van der Waals surface area contributed by atoms with Gasteiger partial charge in [0.05, 0.1) is 13.2 Å². The first-order chi connectivity index (χ1) is 24.8. The summed E-state index contributed by atoms with van der Waals surface area (Å²) in [6.45, 7) is 5.16. The SMILES string of the molecule is C=CCCCCCCCCCCCCCCCC(=O)OC[C@H](COP(=O)(O)OCCN)OC(=O)CCCC/C=C/C/C=C/C/C=C/CCCCC. The first kappa shape index (κ1) is 49.0. The summed E-state index contributed by atoms with van der Waals surface area (Å²) in [5.41, 5.74) is 5.33. The van der Waals surface area contributed by atoms with E-state index in [1.807, 2.05) is 6.08 Å². The van der Waals surface area contributed by atoms with Crippen molar-refractivity contribution in [3.63, 3.8) is 0 Å². The van der Waals surface area contributed by atoms with Crippen LogP contribution in [0.1, 0.15) is 167 Å². The second-order valence-electron chi connectivity index (χ2n) is 13.2. The van der Waals surface area contributed by atoms with Crippen LogP contribution < -0.4 is 5.73 Å². The molecule has 0 aromatic carbocycles. The molecule has 0 heterocycles. The highest BCUT2D eigenvalue weighted by Gasteiger charge is 2.25. The Bertz CT molecular complexity index is 967. The molecule has 1 unspecified atom stereocenters. The van der Waals surface area contributed by atoms with Crippen molar-refractivity contribution in [2.24, 2.45) is 5.73 Å². The lowest BCUT2D eigenvalue weighted by molar-refractivity contribution is -0.161. The Kier molecular flexibility index (Phi) is 36.2. The number of hydrogen-bond acceptors (Lipinski definition) is 8. The third-order valence-electron chi connectivity index (χ3n) is 8.33. The van der Waals surface area contributed by atoms with Gasteiger partial charge in [-0.3, -0.25) is 18.6 Å². The summed E-state index contributed by atoms with van der Waals surface area (Å²) in [7, 11) is -4.38. The molecule has 0 saturated carbocycles. The van der Waals surface area contributed by atoms with Gasteiger partial charge in [-0.1, -0.05) is 133 Å². The molecule has 0 aromatic rings. The standard InChI is InChI=1S/C41H74NO8P/c1-3-5-7-9-11-13-15-17-19-21-23-25-27-29-31-33-40(43)47-37-39(38-49-51(45,46)48-36-35-42)50-41(44)34-32-30-28-26-24-22-20-18-16-14-12-10-8-6-4-2/h3,12,14,18,20,24,26,39H,1,4-11,13,15-17,19,21-23,25,27-38,42H2,2H3,(H,45,46)/b14-12+,20-18+,26-24+/t39-/m1/s1. The fraction of sp³-hybridized carbons (Fsp3) is 0.756. The lowest BCUT2D eigenvalue weighted by Gasteiger charge is -2.19. The first-order valence-electron chi connectivity index (χ1n) is 20.1. The summed E-state index contributed by atoms with van der Waals surface area (Å²) in [6.07, 6.45) is 40.3. The third kappa shape index (κ3) is 37.5. The molecule has 0 bridgehead atoms. The fourth-order valence-corrected chi connectivity index (χ4v) is 6.09. The van der Waals surface area contributed by atoms with Crippen LogP contribution in [-0.4, -0.2) is 49.3 Å². The summed E-state index contributed by atoms with van der Waals surface area (Å²) in [5.74, 6) is -0.878. The first-order valence-corrected chi connectivity index (χ1v) is 21.6. The zero-order valence-corrected chi connectivity index (χ0v) is 33.1. The van der Waals surface area contributed by atoms with Gasteiger partial charge in [0.25, 0.3) is 0 Å². The molecule has 296 valence electrons. The molecule has 0 spiro atoms. The van der Waals surface area contributed by atoms with E-state index in [0.717, 1.165) is 57.8 Å². The number of carbonyl (C=O) groups is 2. The maximum absolute atomic E-state index is 12.5. The van der Waals surface area contributed by atoms with E-state index < -0.39 is 32.5 Å². The molecule has 0 aliphatic carbocycles. The van der Waals surface area contributed by atoms with Crippen LogP contribution in [0.2, 0.25) is 0 Å². The minimum absolute atomic E-state index is 0.0455. The molecule has 0 rings (SSSR count). The van der Waals surface area contributed by atoms with Crippen LogP contribution in [0, 0.1) is 0 Å². The van der Waals surface area contributed by atoms with Gasteiger partial charge in [0.15, 0.2) is 6.10 Å². The van der Waals surface area contributed by atoms with E-state index in [2.05, 4.69) is 50.0 Å². The summed E-state index contributed by atoms with van der Waals surface area (Å²) >= 11 is 0. The van der Waals surface area contributed by atoms with Gasteiger partial charge in [-0.05, 0) is 64.2 Å². The van der Waals surface area contributed by atoms with Crippen molar-refractivity contribution < 1.29 is 37.6 Å². The van der Waals surface area contributed by atoms with E-state index in [9.17, 15) is 19.0 Å². The second kappa shape index (κ2) is 37.7. The van der Waals surface area contributed by atoms with Gasteiger partial charge in [-0.25, -0.2) is 4.57 Å². The molecule has 2 atom stereocenters. The molecule has 0 aliphatic rings. The Hall–Kier alpha value is -2.03. The van der Waals surface area contributed by atoms with Crippen molar-refractivity contribution in [2.45, 2.75) is 174 Å². The molecule has 10 heteroatoms. The maximum atomic E-state index is 12.5. The monoisotopic (exact) mass is 740 g/mol. The molecular weight excluding hydrogens is 665 g/mol. The normalized spacial score (nSPS) is 13.6. The highest BCUT2D eigenvalue weighted by atomic mass is 31.2. The topological polar surface area (TPSA) is 134 Å². The van der Waals surface area contributed by atoms with Gasteiger partial charge in [0.1, 0.15) is 6.61 Å². The average Bonchev–Trinajstić information content (AvgIpc) is 3.11. The van der Waals surface area contributed by atoms with Crippen molar-refractivity contribution in [3.05, 3.63) is 49.1 Å². The zero-order valence-electron chi connectivity index (χ0n) is 32.2. The zero-order chi connectivity index (χ0) is 37.5. The molecule has 0 aliphatic heterocycles. The van der Waals surface area contributed by atoms with Crippen molar-refractivity contribution in [1.29, 1.82) is 0 Å². The number of allylic oxidation sites excluding steroid dienone is 7. The molecular formula is C41H74NO8P. The molecule has 51 heavy (non-hydrogen) atoms. The molecule has 0 aromatic heterocycles. The van der Waals surface area contributed by atoms with Crippen molar-refractivity contribution in [2.75, 3.05) is 26.4 Å². The Balaban J connectivity index is 4.25. The van der Waals surface area contributed by atoms with Crippen LogP contribution in [0.4, 0.5) is 0 Å². The fourth-order valence-electron chi connectivity index (χ4n) is 5.33. The smallest absolute Gasteiger partial charge is 0.462 e. The minimum atomic E-state index is -4.38. The molecule has 0 fully saturated rings. The summed E-state index contributed by atoms with van der Waals surface area (Å²) in [4.78, 5) is 34.8. The second-order valence-corrected chi connectivity index (χ2v) is 14.7. The summed E-state index contributed by atoms with van der Waals surface area (Å²) in [6, 6.07) is 0. The number of rotatable bonds is 38. The van der Waals surface area contributed by atoms with Gasteiger partial charge >= 0.3 is 19.8 Å². The molecule has 0 saturated heterocycles. The van der Waals surface area contributed by atoms with Gasteiger partial charge < -0.3 is 20.1 Å². The molecule has 0 amide bonds. The number of unbranched alkanes of at least 4 members (excludes halogenated alkanes) is 18. The number of hydrogen-bond donors (Lipinski definition) is 2. The molecule has 3 N–H and O–H groups in total. The average molecular weight is 740 g/mol. The predicted molar refractivity (Wildman–Crippen MR) is 210 cm³/mol. The largest absolute Gasteiger partial charge is 0.472 e. The van der Waals surface area contributed by atoms with Crippen LogP contribution in [-0.2, 0) is 32.7 Å². The van der Waals surface area contributed by atoms with E-state index >= 15 is 0 Å². The van der Waals surface area contributed by atoms with E-state index in [1.54, 1.807) is 0 Å². The van der Waals surface area contributed by atoms with Crippen molar-refractivity contribution in [3.8, 4) is 0 Å². The van der Waals surface area contributed by atoms with Crippen LogP contribution in [0.25, 0.3) is 0 Å². The van der Waals surface area contributed by atoms with E-state index in [1.165, 1.54) is 83.5 Å². The van der Waals surface area contributed by atoms with Gasteiger partial charge in [-0.2, -0.15) is 0 Å². The van der Waals surface area contributed by atoms with Gasteiger partial charge in [-0.15, -0.1) is 6.58 Å². The maximum Gasteiger partial charge on any atom is 0.472 e. The Morgan fingerprint density at radius 3 is 1.67 bits per heavy atom. The quantitative estimate of drug-likeness (QED) is 0.0274. The van der Waals surface area contributed by atoms with Gasteiger partial charge in [0.2, 0.25) is 0 Å². The lowest BCUT2D eigenvalue weighted by atomic mass is 10.0. The number of phosphoric acid groups is 1. The number of phosphoric ester groups is 1. The van der Waals surface area contributed by atoms with Gasteiger partial charge in [0, 0.05) is 19.4 Å². The van der Waals surface area contributed by atoms with E-state index in [-0.39, 0.29) is 32.6 Å². The van der Waals surface area contributed by atoms with Crippen molar-refractivity contribution in [1.82, 2.24) is 0 Å². The Labute approximate surface area is 311 Å². The third-order valence-corrected chi connectivity index (χ3v) is 9.32. The van der Waals surface area contributed by atoms with Crippen LogP contribution in [0.15, 0.2) is 49.1 Å². The minimum Gasteiger partial charge on any atom is -0.462 e. The number of nitrogens with two attached hydrogens (primary N) is 1. The summed E-state index contributed by atoms with van der Waals surface area (Å²) < 4.78 is 32.7. The highest BCUT2D eigenvalue weighted by molar-refractivity contribution is 7.47.